The summed E-state index contributed by atoms with van der Waals surface area (Å²) in [6.45, 7) is 3.77. The van der Waals surface area contributed by atoms with Crippen LogP contribution < -0.4 is 10.5 Å². The van der Waals surface area contributed by atoms with Gasteiger partial charge in [0.2, 0.25) is 0 Å². The maximum absolute atomic E-state index is 13.9. The predicted molar refractivity (Wildman–Crippen MR) is 72.8 cm³/mol. The number of aryl methyl sites for hydroxylation is 1. The molecule has 4 heteroatoms. The molecule has 2 aromatic rings. The van der Waals surface area contributed by atoms with E-state index >= 15 is 0 Å². The zero-order valence-corrected chi connectivity index (χ0v) is 11.1. The third kappa shape index (κ3) is 3.76. The lowest BCUT2D eigenvalue weighted by molar-refractivity contribution is 0.439. The summed E-state index contributed by atoms with van der Waals surface area (Å²) >= 11 is 0. The molecular formula is C15H17FN2O. The lowest BCUT2D eigenvalue weighted by Crippen LogP contribution is -2.17. The smallest absolute Gasteiger partial charge is 0.165 e. The molecule has 1 unspecified atom stereocenters. The summed E-state index contributed by atoms with van der Waals surface area (Å²) in [5.74, 6) is 0.322. The van der Waals surface area contributed by atoms with Gasteiger partial charge in [0, 0.05) is 11.7 Å². The van der Waals surface area contributed by atoms with Gasteiger partial charge in [-0.3, -0.25) is 4.98 Å². The highest BCUT2D eigenvalue weighted by molar-refractivity contribution is 5.34. The number of nitrogens with two attached hydrogens (primary N) is 1. The molecular weight excluding hydrogens is 243 g/mol. The highest BCUT2D eigenvalue weighted by Crippen LogP contribution is 2.25. The highest BCUT2D eigenvalue weighted by Gasteiger charge is 2.07. The van der Waals surface area contributed by atoms with Crippen LogP contribution in [0, 0.1) is 12.7 Å². The van der Waals surface area contributed by atoms with Gasteiger partial charge in [0.05, 0.1) is 6.20 Å². The van der Waals surface area contributed by atoms with Crippen LogP contribution in [0.1, 0.15) is 18.2 Å². The number of halogens is 1. The van der Waals surface area contributed by atoms with Gasteiger partial charge in [-0.1, -0.05) is 6.07 Å². The standard InChI is InChI=1S/C15H17FN2O/c1-10(17)7-12-4-6-15(14(16)8-12)19-13-5-3-11(2)18-9-13/h3-6,8-10H,7,17H2,1-2H3. The van der Waals surface area contributed by atoms with Crippen LogP contribution in [0.25, 0.3) is 0 Å². The minimum atomic E-state index is -0.390. The molecule has 2 rings (SSSR count). The second-order valence-corrected chi connectivity index (χ2v) is 4.68. The average molecular weight is 260 g/mol. The van der Waals surface area contributed by atoms with Crippen LogP contribution in [0.2, 0.25) is 0 Å². The van der Waals surface area contributed by atoms with Crippen molar-refractivity contribution in [1.29, 1.82) is 0 Å². The molecule has 1 atom stereocenters. The maximum Gasteiger partial charge on any atom is 0.165 e. The monoisotopic (exact) mass is 260 g/mol. The minimum Gasteiger partial charge on any atom is -0.453 e. The number of hydrogen-bond donors (Lipinski definition) is 1. The summed E-state index contributed by atoms with van der Waals surface area (Å²) in [7, 11) is 0. The van der Waals surface area contributed by atoms with E-state index in [0.29, 0.717) is 12.2 Å². The molecule has 1 heterocycles. The average Bonchev–Trinajstić information content (AvgIpc) is 2.34. The van der Waals surface area contributed by atoms with Crippen molar-refractivity contribution in [3.63, 3.8) is 0 Å². The molecule has 3 nitrogen and oxygen atoms in total. The SMILES string of the molecule is Cc1ccc(Oc2ccc(CC(C)N)cc2F)cn1. The molecule has 0 spiro atoms. The summed E-state index contributed by atoms with van der Waals surface area (Å²) in [6.07, 6.45) is 2.22. The van der Waals surface area contributed by atoms with Gasteiger partial charge in [-0.05, 0) is 50.1 Å². The Morgan fingerprint density at radius 1 is 1.32 bits per heavy atom. The van der Waals surface area contributed by atoms with E-state index in [9.17, 15) is 4.39 Å². The van der Waals surface area contributed by atoms with E-state index in [1.165, 1.54) is 6.07 Å². The summed E-state index contributed by atoms with van der Waals surface area (Å²) < 4.78 is 19.3. The van der Waals surface area contributed by atoms with E-state index in [1.807, 2.05) is 26.0 Å². The zero-order valence-electron chi connectivity index (χ0n) is 11.1. The van der Waals surface area contributed by atoms with Gasteiger partial charge in [0.25, 0.3) is 0 Å². The van der Waals surface area contributed by atoms with Gasteiger partial charge >= 0.3 is 0 Å². The van der Waals surface area contributed by atoms with Crippen LogP contribution in [0.3, 0.4) is 0 Å². The third-order valence-corrected chi connectivity index (χ3v) is 2.67. The first-order valence-corrected chi connectivity index (χ1v) is 6.19. The Labute approximate surface area is 112 Å². The van der Waals surface area contributed by atoms with E-state index in [2.05, 4.69) is 4.98 Å². The summed E-state index contributed by atoms with van der Waals surface area (Å²) in [5, 5.41) is 0. The van der Waals surface area contributed by atoms with Crippen molar-refractivity contribution < 1.29 is 9.13 Å². The van der Waals surface area contributed by atoms with E-state index < -0.39 is 5.82 Å². The van der Waals surface area contributed by atoms with Crippen molar-refractivity contribution in [2.45, 2.75) is 26.3 Å². The van der Waals surface area contributed by atoms with Crippen LogP contribution in [-0.2, 0) is 6.42 Å². The van der Waals surface area contributed by atoms with Crippen molar-refractivity contribution in [3.8, 4) is 11.5 Å². The van der Waals surface area contributed by atoms with Crippen molar-refractivity contribution >= 4 is 0 Å². The van der Waals surface area contributed by atoms with Crippen LogP contribution in [0.4, 0.5) is 4.39 Å². The Balaban J connectivity index is 2.15. The molecule has 1 aromatic carbocycles. The topological polar surface area (TPSA) is 48.1 Å². The number of rotatable bonds is 4. The van der Waals surface area contributed by atoms with Crippen molar-refractivity contribution in [1.82, 2.24) is 4.98 Å². The molecule has 0 aliphatic heterocycles. The first kappa shape index (κ1) is 13.5. The van der Waals surface area contributed by atoms with E-state index in [4.69, 9.17) is 10.5 Å². The van der Waals surface area contributed by atoms with Gasteiger partial charge < -0.3 is 10.5 Å². The van der Waals surface area contributed by atoms with Crippen molar-refractivity contribution in [3.05, 3.63) is 53.6 Å². The second kappa shape index (κ2) is 5.80. The fourth-order valence-electron chi connectivity index (χ4n) is 1.77. The maximum atomic E-state index is 13.9. The van der Waals surface area contributed by atoms with E-state index in [-0.39, 0.29) is 11.8 Å². The molecule has 100 valence electrons. The Kier molecular flexibility index (Phi) is 4.12. The molecule has 1 aromatic heterocycles. The Bertz CT molecular complexity index is 553. The molecule has 0 fully saturated rings. The largest absolute Gasteiger partial charge is 0.453 e. The zero-order chi connectivity index (χ0) is 13.8. The number of benzene rings is 1. The van der Waals surface area contributed by atoms with E-state index in [0.717, 1.165) is 11.3 Å². The molecule has 0 aliphatic carbocycles. The first-order chi connectivity index (χ1) is 9.04. The molecule has 0 bridgehead atoms. The van der Waals surface area contributed by atoms with Crippen LogP contribution in [-0.4, -0.2) is 11.0 Å². The third-order valence-electron chi connectivity index (χ3n) is 2.67. The Morgan fingerprint density at radius 3 is 2.68 bits per heavy atom. The molecule has 2 N–H and O–H groups in total. The lowest BCUT2D eigenvalue weighted by atomic mass is 10.1. The number of pyridine rings is 1. The van der Waals surface area contributed by atoms with E-state index in [1.54, 1.807) is 18.3 Å². The van der Waals surface area contributed by atoms with Gasteiger partial charge in [0.1, 0.15) is 5.75 Å². The van der Waals surface area contributed by atoms with Crippen molar-refractivity contribution in [2.24, 2.45) is 5.73 Å². The summed E-state index contributed by atoms with van der Waals surface area (Å²) in [6, 6.07) is 8.49. The number of ether oxygens (including phenoxy) is 1. The highest BCUT2D eigenvalue weighted by atomic mass is 19.1. The normalized spacial score (nSPS) is 12.2. The molecule has 0 amide bonds. The van der Waals surface area contributed by atoms with Gasteiger partial charge in [-0.15, -0.1) is 0 Å². The molecule has 0 saturated heterocycles. The first-order valence-electron chi connectivity index (χ1n) is 6.19. The quantitative estimate of drug-likeness (QED) is 0.918. The predicted octanol–water partition coefficient (Wildman–Crippen LogP) is 3.21. The van der Waals surface area contributed by atoms with Crippen LogP contribution >= 0.6 is 0 Å². The van der Waals surface area contributed by atoms with Crippen molar-refractivity contribution in [2.75, 3.05) is 0 Å². The number of aromatic nitrogens is 1. The fraction of sp³-hybridized carbons (Fsp3) is 0.267. The Hall–Kier alpha value is -1.94. The molecule has 0 saturated carbocycles. The summed E-state index contributed by atoms with van der Waals surface area (Å²) in [5.41, 5.74) is 7.44. The Morgan fingerprint density at radius 2 is 2.11 bits per heavy atom. The number of nitrogens with zero attached hydrogens (tertiary/aromatic N) is 1. The summed E-state index contributed by atoms with van der Waals surface area (Å²) in [4.78, 5) is 4.10. The van der Waals surface area contributed by atoms with Gasteiger partial charge in [-0.25, -0.2) is 4.39 Å². The van der Waals surface area contributed by atoms with Gasteiger partial charge in [-0.2, -0.15) is 0 Å². The fourth-order valence-corrected chi connectivity index (χ4v) is 1.77. The molecule has 0 aliphatic rings. The lowest BCUT2D eigenvalue weighted by Gasteiger charge is -2.09. The molecule has 0 radical (unpaired) electrons. The molecule has 19 heavy (non-hydrogen) atoms. The van der Waals surface area contributed by atoms with Crippen LogP contribution in [0.5, 0.6) is 11.5 Å². The number of hydrogen-bond acceptors (Lipinski definition) is 3. The van der Waals surface area contributed by atoms with Gasteiger partial charge in [0.15, 0.2) is 11.6 Å². The minimum absolute atomic E-state index is 0.00691. The van der Waals surface area contributed by atoms with Crippen LogP contribution in [0.15, 0.2) is 36.5 Å². The second-order valence-electron chi connectivity index (χ2n) is 4.68.